The molecule has 3 heterocycles. The highest BCUT2D eigenvalue weighted by molar-refractivity contribution is 7.88. The van der Waals surface area contributed by atoms with E-state index in [9.17, 15) is 8.42 Å². The lowest BCUT2D eigenvalue weighted by molar-refractivity contribution is 0.459. The average molecular weight is 335 g/mol. The van der Waals surface area contributed by atoms with Gasteiger partial charge in [0.25, 0.3) is 0 Å². The quantitative estimate of drug-likeness (QED) is 0.833. The lowest BCUT2D eigenvalue weighted by Crippen LogP contribution is -2.27. The van der Waals surface area contributed by atoms with Crippen molar-refractivity contribution in [2.45, 2.75) is 19.8 Å². The van der Waals surface area contributed by atoms with Crippen molar-refractivity contribution < 1.29 is 8.42 Å². The highest BCUT2D eigenvalue weighted by Gasteiger charge is 2.28. The Hall–Kier alpha value is -1.80. The minimum Gasteiger partial charge on any atom is -0.330 e. The summed E-state index contributed by atoms with van der Waals surface area (Å²) in [7, 11) is -1.14. The molecule has 1 aliphatic rings. The number of hydrogen-bond donors (Lipinski definition) is 0. The molecule has 3 rings (SSSR count). The van der Waals surface area contributed by atoms with Crippen LogP contribution in [-0.4, -0.2) is 51.6 Å². The fourth-order valence-electron chi connectivity index (χ4n) is 2.93. The van der Waals surface area contributed by atoms with E-state index in [4.69, 9.17) is 0 Å². The average Bonchev–Trinajstić information content (AvgIpc) is 3.07. The normalized spacial score (nSPS) is 19.3. The van der Waals surface area contributed by atoms with Crippen molar-refractivity contribution in [1.82, 2.24) is 23.8 Å². The van der Waals surface area contributed by atoms with Crippen LogP contribution in [0.15, 0.2) is 18.6 Å². The lowest BCUT2D eigenvalue weighted by Gasteiger charge is -2.13. The number of sulfonamides is 1. The first-order chi connectivity index (χ1) is 10.8. The Kier molecular flexibility index (Phi) is 4.20. The van der Waals surface area contributed by atoms with Gasteiger partial charge < -0.3 is 4.57 Å². The van der Waals surface area contributed by atoms with Gasteiger partial charge in [-0.2, -0.15) is 0 Å². The van der Waals surface area contributed by atoms with Crippen LogP contribution >= 0.6 is 0 Å². The topological polar surface area (TPSA) is 81.0 Å². The molecule has 7 nitrogen and oxygen atoms in total. The van der Waals surface area contributed by atoms with E-state index in [1.54, 1.807) is 22.9 Å². The summed E-state index contributed by atoms with van der Waals surface area (Å²) in [5.74, 6) is 1.22. The monoisotopic (exact) mass is 335 g/mol. The molecule has 23 heavy (non-hydrogen) atoms. The first-order valence-electron chi connectivity index (χ1n) is 7.59. The fraction of sp³-hybridized carbons (Fsp3) is 0.533. The maximum atomic E-state index is 11.6. The smallest absolute Gasteiger partial charge is 0.211 e. The summed E-state index contributed by atoms with van der Waals surface area (Å²) in [4.78, 5) is 13.2. The van der Waals surface area contributed by atoms with Crippen LogP contribution in [0.2, 0.25) is 0 Å². The predicted octanol–water partition coefficient (Wildman–Crippen LogP) is 1.01. The molecule has 0 aliphatic carbocycles. The molecule has 124 valence electrons. The summed E-state index contributed by atoms with van der Waals surface area (Å²) in [6.07, 6.45) is 8.16. The van der Waals surface area contributed by atoms with Gasteiger partial charge in [-0.15, -0.1) is 0 Å². The lowest BCUT2D eigenvalue weighted by atomic mass is 10.0. The van der Waals surface area contributed by atoms with E-state index in [1.807, 2.05) is 18.5 Å². The Morgan fingerprint density at radius 3 is 2.70 bits per heavy atom. The van der Waals surface area contributed by atoms with Gasteiger partial charge in [-0.25, -0.2) is 22.7 Å². The molecule has 1 aliphatic heterocycles. The van der Waals surface area contributed by atoms with Crippen molar-refractivity contribution in [2.24, 2.45) is 13.0 Å². The van der Waals surface area contributed by atoms with Crippen LogP contribution in [0.1, 0.15) is 17.9 Å². The number of aromatic nitrogens is 4. The van der Waals surface area contributed by atoms with Gasteiger partial charge in [0.2, 0.25) is 10.0 Å². The minimum absolute atomic E-state index is 0.294. The second kappa shape index (κ2) is 6.01. The van der Waals surface area contributed by atoms with Crippen molar-refractivity contribution in [2.75, 3.05) is 19.3 Å². The van der Waals surface area contributed by atoms with Crippen LogP contribution < -0.4 is 0 Å². The highest BCUT2D eigenvalue weighted by atomic mass is 32.2. The third-order valence-corrected chi connectivity index (χ3v) is 5.65. The summed E-state index contributed by atoms with van der Waals surface area (Å²) in [5, 5.41) is 0. The summed E-state index contributed by atoms with van der Waals surface area (Å²) < 4.78 is 26.7. The largest absolute Gasteiger partial charge is 0.330 e. The van der Waals surface area contributed by atoms with Crippen molar-refractivity contribution in [3.05, 3.63) is 30.1 Å². The molecule has 0 N–H and O–H groups in total. The minimum atomic E-state index is -3.10. The Morgan fingerprint density at radius 2 is 2.09 bits per heavy atom. The third kappa shape index (κ3) is 3.42. The third-order valence-electron chi connectivity index (χ3n) is 4.38. The van der Waals surface area contributed by atoms with Gasteiger partial charge in [0.15, 0.2) is 0 Å². The van der Waals surface area contributed by atoms with Gasteiger partial charge in [0.1, 0.15) is 11.5 Å². The zero-order valence-corrected chi connectivity index (χ0v) is 14.4. The molecule has 8 heteroatoms. The molecule has 1 atom stereocenters. The first-order valence-corrected chi connectivity index (χ1v) is 9.44. The van der Waals surface area contributed by atoms with E-state index in [-0.39, 0.29) is 0 Å². The van der Waals surface area contributed by atoms with Crippen LogP contribution in [-0.2, 0) is 23.5 Å². The number of imidazole rings is 1. The Balaban J connectivity index is 1.75. The van der Waals surface area contributed by atoms with E-state index >= 15 is 0 Å². The van der Waals surface area contributed by atoms with Crippen LogP contribution in [0.5, 0.6) is 0 Å². The molecule has 0 amide bonds. The van der Waals surface area contributed by atoms with Crippen molar-refractivity contribution >= 4 is 10.0 Å². The van der Waals surface area contributed by atoms with E-state index in [2.05, 4.69) is 15.0 Å². The molecule has 0 radical (unpaired) electrons. The molecule has 2 aromatic heterocycles. The molecule has 0 unspecified atom stereocenters. The van der Waals surface area contributed by atoms with Crippen LogP contribution in [0, 0.1) is 12.8 Å². The molecular weight excluding hydrogens is 314 g/mol. The molecule has 0 bridgehead atoms. The van der Waals surface area contributed by atoms with Gasteiger partial charge in [-0.3, -0.25) is 4.98 Å². The molecule has 0 aromatic carbocycles. The zero-order valence-electron chi connectivity index (χ0n) is 13.6. The molecule has 1 fully saturated rings. The Labute approximate surface area is 136 Å². The van der Waals surface area contributed by atoms with E-state index in [0.717, 1.165) is 35.7 Å². The summed E-state index contributed by atoms with van der Waals surface area (Å²) in [6, 6.07) is 0. The van der Waals surface area contributed by atoms with E-state index in [0.29, 0.717) is 19.0 Å². The van der Waals surface area contributed by atoms with Gasteiger partial charge in [-0.05, 0) is 25.7 Å². The summed E-state index contributed by atoms with van der Waals surface area (Å²) >= 11 is 0. The maximum Gasteiger partial charge on any atom is 0.211 e. The fourth-order valence-corrected chi connectivity index (χ4v) is 3.85. The SMILES string of the molecule is Cc1ncc(-c2cncc(C[C@@H]3CCN(S(C)(=O)=O)C3)n2)n1C. The second-order valence-corrected chi connectivity index (χ2v) is 8.11. The van der Waals surface area contributed by atoms with Gasteiger partial charge in [-0.1, -0.05) is 0 Å². The van der Waals surface area contributed by atoms with Gasteiger partial charge in [0, 0.05) is 26.3 Å². The molecule has 2 aromatic rings. The van der Waals surface area contributed by atoms with Crippen molar-refractivity contribution in [3.8, 4) is 11.4 Å². The van der Waals surface area contributed by atoms with Crippen molar-refractivity contribution in [1.29, 1.82) is 0 Å². The van der Waals surface area contributed by atoms with Gasteiger partial charge >= 0.3 is 0 Å². The van der Waals surface area contributed by atoms with Crippen LogP contribution in [0.3, 0.4) is 0 Å². The van der Waals surface area contributed by atoms with Crippen LogP contribution in [0.25, 0.3) is 11.4 Å². The zero-order chi connectivity index (χ0) is 16.6. The molecule has 0 spiro atoms. The number of hydrogen-bond acceptors (Lipinski definition) is 5. The first kappa shape index (κ1) is 16.1. The standard InChI is InChI=1S/C15H21N5O2S/c1-11-17-9-15(19(11)2)14-8-16-7-13(18-14)6-12-4-5-20(10-12)23(3,21)22/h7-9,12H,4-6,10H2,1-3H3/t12-/m0/s1. The van der Waals surface area contributed by atoms with Crippen LogP contribution in [0.4, 0.5) is 0 Å². The maximum absolute atomic E-state index is 11.6. The number of aryl methyl sites for hydroxylation is 1. The molecule has 1 saturated heterocycles. The molecule has 0 saturated carbocycles. The number of nitrogens with zero attached hydrogens (tertiary/aromatic N) is 5. The Morgan fingerprint density at radius 1 is 1.30 bits per heavy atom. The summed E-state index contributed by atoms with van der Waals surface area (Å²) in [6.45, 7) is 3.10. The highest BCUT2D eigenvalue weighted by Crippen LogP contribution is 2.23. The second-order valence-electron chi connectivity index (χ2n) is 6.13. The number of rotatable bonds is 4. The Bertz CT molecular complexity index is 815. The van der Waals surface area contributed by atoms with E-state index in [1.165, 1.54) is 6.26 Å². The summed E-state index contributed by atoms with van der Waals surface area (Å²) in [5.41, 5.74) is 2.62. The van der Waals surface area contributed by atoms with Gasteiger partial charge in [0.05, 0.1) is 30.0 Å². The molecular formula is C15H21N5O2S. The predicted molar refractivity (Wildman–Crippen MR) is 87.2 cm³/mol. The van der Waals surface area contributed by atoms with E-state index < -0.39 is 10.0 Å². The van der Waals surface area contributed by atoms with Crippen molar-refractivity contribution in [3.63, 3.8) is 0 Å².